The van der Waals surface area contributed by atoms with Gasteiger partial charge in [0.2, 0.25) is 5.91 Å². The summed E-state index contributed by atoms with van der Waals surface area (Å²) in [5.41, 5.74) is 0.861. The monoisotopic (exact) mass is 408 g/mol. The predicted molar refractivity (Wildman–Crippen MR) is 107 cm³/mol. The van der Waals surface area contributed by atoms with Crippen LogP contribution in [0, 0.1) is 12.7 Å². The molecule has 0 fully saturated rings. The summed E-state index contributed by atoms with van der Waals surface area (Å²) in [5, 5.41) is 9.56. The van der Waals surface area contributed by atoms with E-state index in [1.807, 2.05) is 0 Å². The molecule has 0 spiro atoms. The molecule has 0 bridgehead atoms. The average molecular weight is 409 g/mol. The molecule has 28 heavy (non-hydrogen) atoms. The van der Waals surface area contributed by atoms with E-state index in [0.29, 0.717) is 16.4 Å². The zero-order valence-electron chi connectivity index (χ0n) is 16.3. The number of carbonyl (C=O) groups is 2. The van der Waals surface area contributed by atoms with Crippen LogP contribution in [0.5, 0.6) is 0 Å². The molecule has 0 radical (unpaired) electrons. The van der Waals surface area contributed by atoms with Crippen LogP contribution in [0.1, 0.15) is 32.0 Å². The average Bonchev–Trinajstić information content (AvgIpc) is 2.79. The third kappa shape index (κ3) is 5.82. The first-order valence-corrected chi connectivity index (χ1v) is 8.82. The van der Waals surface area contributed by atoms with Gasteiger partial charge in [-0.05, 0) is 52.0 Å². The molecule has 9 heteroatoms. The van der Waals surface area contributed by atoms with Crippen molar-refractivity contribution >= 4 is 41.1 Å². The first-order valence-electron chi connectivity index (χ1n) is 8.44. The van der Waals surface area contributed by atoms with Gasteiger partial charge in [0.25, 0.3) is 0 Å². The number of halogens is 2. The summed E-state index contributed by atoms with van der Waals surface area (Å²) in [6, 6.07) is 3.60. The molecule has 1 aromatic carbocycles. The summed E-state index contributed by atoms with van der Waals surface area (Å²) in [6.07, 6.45) is 2.04. The summed E-state index contributed by atoms with van der Waals surface area (Å²) in [7, 11) is 1.69. The van der Waals surface area contributed by atoms with E-state index in [1.165, 1.54) is 22.9 Å². The number of nitrogens with one attached hydrogen (secondary N) is 2. The van der Waals surface area contributed by atoms with E-state index < -0.39 is 23.4 Å². The normalized spacial score (nSPS) is 11.5. The molecule has 0 unspecified atom stereocenters. The van der Waals surface area contributed by atoms with Crippen molar-refractivity contribution in [1.82, 2.24) is 9.78 Å². The standard InChI is InChI=1S/C19H22ClFN4O3/c1-11-13(17(20)25(5)24-11)7-9-16(26)22-15-10-12(21)6-8-14(15)23-18(27)28-19(2,3)4/h6-10H,1-5H3,(H,22,26)(H,23,27)/b9-7+. The minimum atomic E-state index is -0.720. The quantitative estimate of drug-likeness (QED) is 0.728. The first-order chi connectivity index (χ1) is 13.0. The fourth-order valence-corrected chi connectivity index (χ4v) is 2.55. The molecule has 2 aromatic rings. The van der Waals surface area contributed by atoms with Crippen molar-refractivity contribution in [3.05, 3.63) is 46.5 Å². The summed E-state index contributed by atoms with van der Waals surface area (Å²) in [6.45, 7) is 6.92. The Morgan fingerprint density at radius 1 is 1.25 bits per heavy atom. The fourth-order valence-electron chi connectivity index (χ4n) is 2.31. The van der Waals surface area contributed by atoms with Crippen LogP contribution in [0.4, 0.5) is 20.6 Å². The van der Waals surface area contributed by atoms with Crippen molar-refractivity contribution in [3.63, 3.8) is 0 Å². The second kappa shape index (κ2) is 8.43. The lowest BCUT2D eigenvalue weighted by Crippen LogP contribution is -2.27. The van der Waals surface area contributed by atoms with Crippen molar-refractivity contribution < 1.29 is 18.7 Å². The summed E-state index contributed by atoms with van der Waals surface area (Å²) in [5.74, 6) is -1.10. The molecule has 0 aliphatic rings. The molecular weight excluding hydrogens is 387 g/mol. The van der Waals surface area contributed by atoms with Gasteiger partial charge in [-0.3, -0.25) is 14.8 Å². The highest BCUT2D eigenvalue weighted by atomic mass is 35.5. The van der Waals surface area contributed by atoms with Crippen LogP contribution in [0.3, 0.4) is 0 Å². The summed E-state index contributed by atoms with van der Waals surface area (Å²) in [4.78, 5) is 24.2. The Labute approximate surface area is 167 Å². The van der Waals surface area contributed by atoms with Crippen LogP contribution in [0.25, 0.3) is 6.08 Å². The number of hydrogen-bond acceptors (Lipinski definition) is 4. The summed E-state index contributed by atoms with van der Waals surface area (Å²) >= 11 is 6.12. The molecule has 2 N–H and O–H groups in total. The maximum atomic E-state index is 13.6. The number of hydrogen-bond donors (Lipinski definition) is 2. The highest BCUT2D eigenvalue weighted by Gasteiger charge is 2.18. The van der Waals surface area contributed by atoms with Gasteiger partial charge in [0.15, 0.2) is 0 Å². The number of aryl methyl sites for hydroxylation is 2. The number of nitrogens with zero attached hydrogens (tertiary/aromatic N) is 2. The Hall–Kier alpha value is -2.87. The van der Waals surface area contributed by atoms with Crippen molar-refractivity contribution in [1.29, 1.82) is 0 Å². The van der Waals surface area contributed by atoms with E-state index in [-0.39, 0.29) is 11.4 Å². The molecule has 7 nitrogen and oxygen atoms in total. The number of rotatable bonds is 4. The van der Waals surface area contributed by atoms with Gasteiger partial charge in [-0.2, -0.15) is 5.10 Å². The van der Waals surface area contributed by atoms with E-state index in [1.54, 1.807) is 34.7 Å². The molecule has 0 aliphatic carbocycles. The number of anilines is 2. The van der Waals surface area contributed by atoms with Crippen LogP contribution in [-0.2, 0) is 16.6 Å². The number of ether oxygens (including phenoxy) is 1. The van der Waals surface area contributed by atoms with Gasteiger partial charge in [-0.1, -0.05) is 11.6 Å². The second-order valence-corrected chi connectivity index (χ2v) is 7.41. The van der Waals surface area contributed by atoms with Crippen LogP contribution >= 0.6 is 11.6 Å². The molecule has 150 valence electrons. The number of amides is 2. The van der Waals surface area contributed by atoms with Gasteiger partial charge in [0, 0.05) is 18.7 Å². The first kappa shape index (κ1) is 21.4. The maximum absolute atomic E-state index is 13.6. The van der Waals surface area contributed by atoms with E-state index >= 15 is 0 Å². The number of carbonyl (C=O) groups excluding carboxylic acids is 2. The van der Waals surface area contributed by atoms with Gasteiger partial charge >= 0.3 is 6.09 Å². The Morgan fingerprint density at radius 3 is 2.50 bits per heavy atom. The Morgan fingerprint density at radius 2 is 1.93 bits per heavy atom. The van der Waals surface area contributed by atoms with Crippen LogP contribution in [-0.4, -0.2) is 27.4 Å². The SMILES string of the molecule is Cc1nn(C)c(Cl)c1/C=C/C(=O)Nc1cc(F)ccc1NC(=O)OC(C)(C)C. The fraction of sp³-hybridized carbons (Fsp3) is 0.316. The lowest BCUT2D eigenvalue weighted by Gasteiger charge is -2.20. The minimum Gasteiger partial charge on any atom is -0.444 e. The zero-order valence-corrected chi connectivity index (χ0v) is 17.0. The Kier molecular flexibility index (Phi) is 6.45. The Balaban J connectivity index is 2.16. The molecule has 1 aromatic heterocycles. The van der Waals surface area contributed by atoms with E-state index in [4.69, 9.17) is 16.3 Å². The highest BCUT2D eigenvalue weighted by Crippen LogP contribution is 2.24. The molecule has 0 saturated heterocycles. The lowest BCUT2D eigenvalue weighted by atomic mass is 10.2. The van der Waals surface area contributed by atoms with Crippen LogP contribution < -0.4 is 10.6 Å². The second-order valence-electron chi connectivity index (χ2n) is 7.05. The molecular formula is C19H22ClFN4O3. The largest absolute Gasteiger partial charge is 0.444 e. The van der Waals surface area contributed by atoms with Crippen molar-refractivity contribution in [2.75, 3.05) is 10.6 Å². The van der Waals surface area contributed by atoms with Crippen molar-refractivity contribution in [3.8, 4) is 0 Å². The topological polar surface area (TPSA) is 85.3 Å². The molecule has 0 saturated carbocycles. The van der Waals surface area contributed by atoms with E-state index in [2.05, 4.69) is 15.7 Å². The highest BCUT2D eigenvalue weighted by molar-refractivity contribution is 6.31. The molecule has 0 aliphatic heterocycles. The predicted octanol–water partition coefficient (Wildman–Crippen LogP) is 4.52. The smallest absolute Gasteiger partial charge is 0.412 e. The maximum Gasteiger partial charge on any atom is 0.412 e. The van der Waals surface area contributed by atoms with Gasteiger partial charge in [-0.15, -0.1) is 0 Å². The molecule has 2 amide bonds. The number of benzene rings is 1. The third-order valence-electron chi connectivity index (χ3n) is 3.47. The Bertz CT molecular complexity index is 932. The van der Waals surface area contributed by atoms with Crippen molar-refractivity contribution in [2.24, 2.45) is 7.05 Å². The molecule has 1 heterocycles. The summed E-state index contributed by atoms with van der Waals surface area (Å²) < 4.78 is 20.3. The van der Waals surface area contributed by atoms with Gasteiger partial charge in [0.1, 0.15) is 16.6 Å². The molecule has 0 atom stereocenters. The van der Waals surface area contributed by atoms with Gasteiger partial charge < -0.3 is 10.1 Å². The van der Waals surface area contributed by atoms with Crippen LogP contribution in [0.2, 0.25) is 5.15 Å². The van der Waals surface area contributed by atoms with Gasteiger partial charge in [0.05, 0.1) is 17.1 Å². The van der Waals surface area contributed by atoms with Gasteiger partial charge in [-0.25, -0.2) is 9.18 Å². The molecule has 2 rings (SSSR count). The van der Waals surface area contributed by atoms with Crippen molar-refractivity contribution in [2.45, 2.75) is 33.3 Å². The third-order valence-corrected chi connectivity index (χ3v) is 3.92. The van der Waals surface area contributed by atoms with E-state index in [9.17, 15) is 14.0 Å². The van der Waals surface area contributed by atoms with E-state index in [0.717, 1.165) is 12.1 Å². The van der Waals surface area contributed by atoms with Crippen LogP contribution in [0.15, 0.2) is 24.3 Å². The minimum absolute atomic E-state index is 0.0921. The zero-order chi connectivity index (χ0) is 21.1. The number of aromatic nitrogens is 2. The lowest BCUT2D eigenvalue weighted by molar-refractivity contribution is -0.111.